The highest BCUT2D eigenvalue weighted by Crippen LogP contribution is 2.35. The molecule has 1 rings (SSSR count). The minimum atomic E-state index is -0.236. The number of aliphatic hydroxyl groups is 1. The molecule has 0 aromatic carbocycles. The summed E-state index contributed by atoms with van der Waals surface area (Å²) in [7, 11) is 1.71. The van der Waals surface area contributed by atoms with Gasteiger partial charge < -0.3 is 15.7 Å². The van der Waals surface area contributed by atoms with E-state index in [0.717, 1.165) is 19.3 Å². The molecule has 0 aromatic rings. The Kier molecular flexibility index (Phi) is 5.96. The third-order valence-corrected chi connectivity index (χ3v) is 3.74. The van der Waals surface area contributed by atoms with Crippen LogP contribution in [-0.2, 0) is 0 Å². The summed E-state index contributed by atoms with van der Waals surface area (Å²) < 4.78 is 0. The summed E-state index contributed by atoms with van der Waals surface area (Å²) >= 11 is 5.70. The maximum absolute atomic E-state index is 10.1. The average molecular weight is 274 g/mol. The smallest absolute Gasteiger partial charge is 0.191 e. The summed E-state index contributed by atoms with van der Waals surface area (Å²) in [6.45, 7) is 6.94. The number of nitrogens with one attached hydrogen (secondary N) is 2. The Labute approximate surface area is 115 Å². The first-order valence-corrected chi connectivity index (χ1v) is 6.81. The molecule has 104 valence electrons. The molecule has 0 aromatic heterocycles. The van der Waals surface area contributed by atoms with Crippen molar-refractivity contribution >= 4 is 17.6 Å². The lowest BCUT2D eigenvalue weighted by Crippen LogP contribution is -2.48. The molecule has 0 bridgehead atoms. The Morgan fingerprint density at radius 3 is 2.78 bits per heavy atom. The Morgan fingerprint density at radius 1 is 1.50 bits per heavy atom. The SMILES string of the molecule is C=C(Cl)CNC(=NC)NCC1(C)CCCCC1O. The number of hydrogen-bond donors (Lipinski definition) is 3. The Morgan fingerprint density at radius 2 is 2.22 bits per heavy atom. The standard InChI is InChI=1S/C13H24ClN3O/c1-10(14)8-16-12(15-3)17-9-13(2)7-5-4-6-11(13)18/h11,18H,1,4-9H2,2-3H3,(H2,15,16,17). The van der Waals surface area contributed by atoms with E-state index in [1.807, 2.05) is 0 Å². The van der Waals surface area contributed by atoms with Crippen molar-refractivity contribution in [2.45, 2.75) is 38.7 Å². The minimum Gasteiger partial charge on any atom is -0.392 e. The zero-order chi connectivity index (χ0) is 13.6. The molecule has 2 atom stereocenters. The first-order valence-electron chi connectivity index (χ1n) is 6.44. The predicted molar refractivity (Wildman–Crippen MR) is 76.9 cm³/mol. The highest BCUT2D eigenvalue weighted by Gasteiger charge is 2.35. The van der Waals surface area contributed by atoms with Crippen LogP contribution in [0.1, 0.15) is 32.6 Å². The fourth-order valence-corrected chi connectivity index (χ4v) is 2.34. The Balaban J connectivity index is 2.44. The normalized spacial score (nSPS) is 28.9. The molecule has 1 fully saturated rings. The average Bonchev–Trinajstić information content (AvgIpc) is 2.33. The molecule has 1 saturated carbocycles. The van der Waals surface area contributed by atoms with E-state index in [-0.39, 0.29) is 11.5 Å². The van der Waals surface area contributed by atoms with E-state index in [2.05, 4.69) is 29.1 Å². The second kappa shape index (κ2) is 7.00. The topological polar surface area (TPSA) is 56.7 Å². The third kappa shape index (κ3) is 4.50. The van der Waals surface area contributed by atoms with E-state index in [1.54, 1.807) is 7.05 Å². The van der Waals surface area contributed by atoms with E-state index >= 15 is 0 Å². The first kappa shape index (κ1) is 15.3. The highest BCUT2D eigenvalue weighted by atomic mass is 35.5. The number of hydrogen-bond acceptors (Lipinski definition) is 2. The Hall–Kier alpha value is -0.740. The predicted octanol–water partition coefficient (Wildman–Crippen LogP) is 1.85. The van der Waals surface area contributed by atoms with Gasteiger partial charge in [0.1, 0.15) is 0 Å². The lowest BCUT2D eigenvalue weighted by atomic mass is 9.73. The summed E-state index contributed by atoms with van der Waals surface area (Å²) in [4.78, 5) is 4.11. The zero-order valence-corrected chi connectivity index (χ0v) is 12.1. The van der Waals surface area contributed by atoms with Crippen LogP contribution in [0.25, 0.3) is 0 Å². The highest BCUT2D eigenvalue weighted by molar-refractivity contribution is 6.29. The van der Waals surface area contributed by atoms with Crippen molar-refractivity contribution in [1.82, 2.24) is 10.6 Å². The minimum absolute atomic E-state index is 0.0756. The quantitative estimate of drug-likeness (QED) is 0.541. The number of halogens is 1. The van der Waals surface area contributed by atoms with Gasteiger partial charge in [0.15, 0.2) is 5.96 Å². The summed E-state index contributed by atoms with van der Waals surface area (Å²) in [6, 6.07) is 0. The van der Waals surface area contributed by atoms with Crippen molar-refractivity contribution in [2.24, 2.45) is 10.4 Å². The fraction of sp³-hybridized carbons (Fsp3) is 0.769. The van der Waals surface area contributed by atoms with Gasteiger partial charge in [-0.1, -0.05) is 37.9 Å². The summed E-state index contributed by atoms with van der Waals surface area (Å²) in [5, 5.41) is 17.0. The molecule has 3 N–H and O–H groups in total. The molecule has 1 aliphatic rings. The van der Waals surface area contributed by atoms with Gasteiger partial charge in [-0.25, -0.2) is 0 Å². The second-order valence-electron chi connectivity index (χ2n) is 5.21. The molecular weight excluding hydrogens is 250 g/mol. The molecule has 18 heavy (non-hydrogen) atoms. The van der Waals surface area contributed by atoms with Gasteiger partial charge in [0.05, 0.1) is 12.6 Å². The van der Waals surface area contributed by atoms with E-state index in [9.17, 15) is 5.11 Å². The number of nitrogens with zero attached hydrogens (tertiary/aromatic N) is 1. The lowest BCUT2D eigenvalue weighted by Gasteiger charge is -2.38. The van der Waals surface area contributed by atoms with E-state index in [0.29, 0.717) is 24.1 Å². The molecule has 0 radical (unpaired) electrons. The van der Waals surface area contributed by atoms with Gasteiger partial charge in [-0.3, -0.25) is 4.99 Å². The summed E-state index contributed by atoms with van der Waals surface area (Å²) in [5.41, 5.74) is -0.0756. The zero-order valence-electron chi connectivity index (χ0n) is 11.3. The van der Waals surface area contributed by atoms with Crippen molar-refractivity contribution in [2.75, 3.05) is 20.1 Å². The van der Waals surface area contributed by atoms with Crippen LogP contribution in [0.15, 0.2) is 16.6 Å². The Bertz CT molecular complexity index is 319. The molecule has 0 heterocycles. The van der Waals surface area contributed by atoms with Crippen LogP contribution in [0.4, 0.5) is 0 Å². The molecule has 0 spiro atoms. The van der Waals surface area contributed by atoms with Gasteiger partial charge >= 0.3 is 0 Å². The number of guanidine groups is 1. The van der Waals surface area contributed by atoms with Gasteiger partial charge in [-0.05, 0) is 12.8 Å². The van der Waals surface area contributed by atoms with Gasteiger partial charge in [0.25, 0.3) is 0 Å². The van der Waals surface area contributed by atoms with E-state index in [4.69, 9.17) is 11.6 Å². The molecule has 0 amide bonds. The van der Waals surface area contributed by atoms with Crippen LogP contribution in [0, 0.1) is 5.41 Å². The molecule has 2 unspecified atom stereocenters. The van der Waals surface area contributed by atoms with E-state index in [1.165, 1.54) is 6.42 Å². The van der Waals surface area contributed by atoms with Crippen molar-refractivity contribution in [3.8, 4) is 0 Å². The fourth-order valence-electron chi connectivity index (χ4n) is 2.27. The van der Waals surface area contributed by atoms with Crippen LogP contribution in [0.5, 0.6) is 0 Å². The van der Waals surface area contributed by atoms with Crippen LogP contribution >= 0.6 is 11.6 Å². The first-order chi connectivity index (χ1) is 8.48. The van der Waals surface area contributed by atoms with Crippen molar-refractivity contribution < 1.29 is 5.11 Å². The number of rotatable bonds is 4. The molecular formula is C13H24ClN3O. The van der Waals surface area contributed by atoms with Crippen LogP contribution in [-0.4, -0.2) is 37.3 Å². The third-order valence-electron chi connectivity index (χ3n) is 3.61. The van der Waals surface area contributed by atoms with Crippen molar-refractivity contribution in [3.05, 3.63) is 11.6 Å². The molecule has 5 heteroatoms. The lowest BCUT2D eigenvalue weighted by molar-refractivity contribution is 0.00398. The van der Waals surface area contributed by atoms with Gasteiger partial charge in [-0.15, -0.1) is 0 Å². The molecule has 1 aliphatic carbocycles. The van der Waals surface area contributed by atoms with Gasteiger partial charge in [-0.2, -0.15) is 0 Å². The monoisotopic (exact) mass is 273 g/mol. The molecule has 4 nitrogen and oxygen atoms in total. The number of aliphatic imine (C=N–C) groups is 1. The van der Waals surface area contributed by atoms with Crippen LogP contribution < -0.4 is 10.6 Å². The van der Waals surface area contributed by atoms with Gasteiger partial charge in [0.2, 0.25) is 0 Å². The molecule has 0 aliphatic heterocycles. The van der Waals surface area contributed by atoms with Crippen molar-refractivity contribution in [3.63, 3.8) is 0 Å². The molecule has 0 saturated heterocycles. The van der Waals surface area contributed by atoms with Crippen LogP contribution in [0.2, 0.25) is 0 Å². The summed E-state index contributed by atoms with van der Waals surface area (Å²) in [6.07, 6.45) is 4.00. The van der Waals surface area contributed by atoms with Crippen LogP contribution in [0.3, 0.4) is 0 Å². The second-order valence-corrected chi connectivity index (χ2v) is 5.75. The number of aliphatic hydroxyl groups excluding tert-OH is 1. The van der Waals surface area contributed by atoms with Gasteiger partial charge in [0, 0.05) is 24.0 Å². The maximum Gasteiger partial charge on any atom is 0.191 e. The maximum atomic E-state index is 10.1. The summed E-state index contributed by atoms with van der Waals surface area (Å²) in [5.74, 6) is 0.691. The van der Waals surface area contributed by atoms with Crippen molar-refractivity contribution in [1.29, 1.82) is 0 Å². The largest absolute Gasteiger partial charge is 0.392 e. The van der Waals surface area contributed by atoms with E-state index < -0.39 is 0 Å².